The molecular weight excluding hydrogens is 274 g/mol. The monoisotopic (exact) mass is 299 g/mol. The lowest BCUT2D eigenvalue weighted by Crippen LogP contribution is -2.22. The van der Waals surface area contributed by atoms with Crippen molar-refractivity contribution < 1.29 is 14.3 Å². The molecule has 0 bridgehead atoms. The standard InChI is InChI=1S/C15H25NO3S/c1-3-18-15(19-4-2)13-20-14(12-17)10-8-6-5-7-9-11-16/h6,8,12,14-15H,3-5,7,9-10,13H2,1-2H3. The number of allylic oxidation sites excluding steroid dienone is 2. The molecule has 0 amide bonds. The summed E-state index contributed by atoms with van der Waals surface area (Å²) in [6, 6.07) is 2.11. The molecule has 0 N–H and O–H groups in total. The first-order chi connectivity index (χ1) is 9.78. The summed E-state index contributed by atoms with van der Waals surface area (Å²) in [6.45, 7) is 5.07. The van der Waals surface area contributed by atoms with Gasteiger partial charge in [-0.05, 0) is 33.1 Å². The van der Waals surface area contributed by atoms with Crippen LogP contribution >= 0.6 is 11.8 Å². The van der Waals surface area contributed by atoms with Crippen LogP contribution in [0.4, 0.5) is 0 Å². The van der Waals surface area contributed by atoms with Crippen molar-refractivity contribution >= 4 is 18.0 Å². The van der Waals surface area contributed by atoms with E-state index in [0.717, 1.165) is 19.1 Å². The Hall–Kier alpha value is -0.830. The number of nitriles is 1. The van der Waals surface area contributed by atoms with Gasteiger partial charge in [-0.15, -0.1) is 11.8 Å². The highest BCUT2D eigenvalue weighted by molar-refractivity contribution is 8.00. The lowest BCUT2D eigenvalue weighted by atomic mass is 10.2. The molecule has 0 fully saturated rings. The van der Waals surface area contributed by atoms with Gasteiger partial charge in [-0.3, -0.25) is 0 Å². The molecule has 0 aromatic carbocycles. The Balaban J connectivity index is 3.89. The van der Waals surface area contributed by atoms with Crippen LogP contribution in [0.25, 0.3) is 0 Å². The molecule has 0 aliphatic carbocycles. The van der Waals surface area contributed by atoms with Crippen molar-refractivity contribution in [1.82, 2.24) is 0 Å². The average molecular weight is 299 g/mol. The highest BCUT2D eigenvalue weighted by Crippen LogP contribution is 2.16. The minimum absolute atomic E-state index is 0.0642. The van der Waals surface area contributed by atoms with Crippen LogP contribution in [0, 0.1) is 11.3 Å². The quantitative estimate of drug-likeness (QED) is 0.226. The summed E-state index contributed by atoms with van der Waals surface area (Å²) in [6.07, 6.45) is 7.85. The van der Waals surface area contributed by atoms with Gasteiger partial charge in [0.15, 0.2) is 6.29 Å². The Bertz CT molecular complexity index is 296. The van der Waals surface area contributed by atoms with Crippen molar-refractivity contribution in [3.63, 3.8) is 0 Å². The summed E-state index contributed by atoms with van der Waals surface area (Å²) in [5.41, 5.74) is 0. The van der Waals surface area contributed by atoms with Crippen molar-refractivity contribution in [3.05, 3.63) is 12.2 Å². The minimum atomic E-state index is -0.239. The van der Waals surface area contributed by atoms with Gasteiger partial charge in [-0.2, -0.15) is 5.26 Å². The maximum atomic E-state index is 11.0. The van der Waals surface area contributed by atoms with E-state index in [2.05, 4.69) is 6.07 Å². The number of hydrogen-bond donors (Lipinski definition) is 0. The summed E-state index contributed by atoms with van der Waals surface area (Å²) in [4.78, 5) is 11.0. The molecular formula is C15H25NO3S. The van der Waals surface area contributed by atoms with E-state index in [1.54, 1.807) is 11.8 Å². The Morgan fingerprint density at radius 2 is 1.95 bits per heavy atom. The molecule has 0 aromatic heterocycles. The van der Waals surface area contributed by atoms with Crippen molar-refractivity contribution in [2.24, 2.45) is 0 Å². The second kappa shape index (κ2) is 14.6. The molecule has 1 unspecified atom stereocenters. The number of aldehydes is 1. The van der Waals surface area contributed by atoms with Gasteiger partial charge in [-0.1, -0.05) is 12.2 Å². The van der Waals surface area contributed by atoms with E-state index >= 15 is 0 Å². The van der Waals surface area contributed by atoms with Crippen LogP contribution < -0.4 is 0 Å². The number of thioether (sulfide) groups is 1. The molecule has 0 saturated carbocycles. The summed E-state index contributed by atoms with van der Waals surface area (Å²) < 4.78 is 10.9. The first kappa shape index (κ1) is 19.2. The van der Waals surface area contributed by atoms with E-state index in [1.165, 1.54) is 0 Å². The molecule has 0 radical (unpaired) electrons. The van der Waals surface area contributed by atoms with Gasteiger partial charge in [0.2, 0.25) is 0 Å². The third kappa shape index (κ3) is 11.0. The fourth-order valence-corrected chi connectivity index (χ4v) is 2.45. The van der Waals surface area contributed by atoms with Gasteiger partial charge in [0, 0.05) is 25.4 Å². The number of carbonyl (C=O) groups is 1. The van der Waals surface area contributed by atoms with Gasteiger partial charge in [-0.25, -0.2) is 0 Å². The zero-order chi connectivity index (χ0) is 15.1. The van der Waals surface area contributed by atoms with Crippen LogP contribution in [-0.2, 0) is 14.3 Å². The number of rotatable bonds is 13. The molecule has 0 spiro atoms. The third-order valence-corrected chi connectivity index (χ3v) is 3.69. The molecule has 1 atom stereocenters. The van der Waals surface area contributed by atoms with Crippen LogP contribution in [0.5, 0.6) is 0 Å². The average Bonchev–Trinajstić information content (AvgIpc) is 2.46. The molecule has 5 heteroatoms. The first-order valence-electron chi connectivity index (χ1n) is 7.10. The number of nitrogens with zero attached hydrogens (tertiary/aromatic N) is 1. The second-order valence-corrected chi connectivity index (χ2v) is 5.38. The summed E-state index contributed by atoms with van der Waals surface area (Å²) in [7, 11) is 0. The van der Waals surface area contributed by atoms with Gasteiger partial charge < -0.3 is 14.3 Å². The number of hydrogen-bond acceptors (Lipinski definition) is 5. The molecule has 0 rings (SSSR count). The number of unbranched alkanes of at least 4 members (excludes halogenated alkanes) is 2. The van der Waals surface area contributed by atoms with E-state index < -0.39 is 0 Å². The third-order valence-electron chi connectivity index (χ3n) is 2.50. The molecule has 0 aromatic rings. The van der Waals surface area contributed by atoms with Crippen LogP contribution in [0.1, 0.15) is 39.5 Å². The topological polar surface area (TPSA) is 59.3 Å². The second-order valence-electron chi connectivity index (χ2n) is 4.11. The maximum absolute atomic E-state index is 11.0. The molecule has 0 heterocycles. The summed E-state index contributed by atoms with van der Waals surface area (Å²) >= 11 is 1.56. The lowest BCUT2D eigenvalue weighted by Gasteiger charge is -2.17. The fourth-order valence-electron chi connectivity index (χ4n) is 1.53. The Morgan fingerprint density at radius 3 is 2.50 bits per heavy atom. The number of carbonyl (C=O) groups excluding carboxylic acids is 1. The van der Waals surface area contributed by atoms with Crippen LogP contribution in [0.2, 0.25) is 0 Å². The van der Waals surface area contributed by atoms with Gasteiger partial charge in [0.05, 0.1) is 11.3 Å². The SMILES string of the molecule is CCOC(CSC(C=O)CC=CCCCC#N)OCC. The van der Waals surface area contributed by atoms with Gasteiger partial charge in [0.25, 0.3) is 0 Å². The predicted molar refractivity (Wildman–Crippen MR) is 82.6 cm³/mol. The van der Waals surface area contributed by atoms with E-state index in [9.17, 15) is 4.79 Å². The van der Waals surface area contributed by atoms with E-state index in [0.29, 0.717) is 31.8 Å². The van der Waals surface area contributed by atoms with Crippen molar-refractivity contribution in [2.45, 2.75) is 51.1 Å². The van der Waals surface area contributed by atoms with Crippen molar-refractivity contribution in [1.29, 1.82) is 5.26 Å². The van der Waals surface area contributed by atoms with Crippen molar-refractivity contribution in [2.75, 3.05) is 19.0 Å². The van der Waals surface area contributed by atoms with Crippen LogP contribution in [0.3, 0.4) is 0 Å². The Kier molecular flexibility index (Phi) is 14.0. The van der Waals surface area contributed by atoms with Crippen LogP contribution in [0.15, 0.2) is 12.2 Å². The minimum Gasteiger partial charge on any atom is -0.352 e. The van der Waals surface area contributed by atoms with E-state index in [-0.39, 0.29) is 11.5 Å². The first-order valence-corrected chi connectivity index (χ1v) is 8.15. The Morgan fingerprint density at radius 1 is 1.25 bits per heavy atom. The predicted octanol–water partition coefficient (Wildman–Crippen LogP) is 3.33. The molecule has 114 valence electrons. The summed E-state index contributed by atoms with van der Waals surface area (Å²) in [5, 5.41) is 8.35. The van der Waals surface area contributed by atoms with Crippen LogP contribution in [-0.4, -0.2) is 36.8 Å². The smallest absolute Gasteiger partial charge is 0.166 e. The molecule has 0 aliphatic rings. The summed E-state index contributed by atoms with van der Waals surface area (Å²) in [5.74, 6) is 0.660. The van der Waals surface area contributed by atoms with Gasteiger partial charge in [0.1, 0.15) is 6.29 Å². The molecule has 20 heavy (non-hydrogen) atoms. The van der Waals surface area contributed by atoms with E-state index in [1.807, 2.05) is 26.0 Å². The zero-order valence-corrected chi connectivity index (χ0v) is 13.2. The maximum Gasteiger partial charge on any atom is 0.166 e. The molecule has 4 nitrogen and oxygen atoms in total. The van der Waals surface area contributed by atoms with Crippen molar-refractivity contribution in [3.8, 4) is 6.07 Å². The fraction of sp³-hybridized carbons (Fsp3) is 0.733. The normalized spacial score (nSPS) is 12.7. The largest absolute Gasteiger partial charge is 0.352 e. The highest BCUT2D eigenvalue weighted by Gasteiger charge is 2.12. The lowest BCUT2D eigenvalue weighted by molar-refractivity contribution is -0.120. The molecule has 0 saturated heterocycles. The zero-order valence-electron chi connectivity index (χ0n) is 12.4. The van der Waals surface area contributed by atoms with Gasteiger partial charge >= 0.3 is 0 Å². The highest BCUT2D eigenvalue weighted by atomic mass is 32.2. The number of ether oxygens (including phenoxy) is 2. The van der Waals surface area contributed by atoms with E-state index in [4.69, 9.17) is 14.7 Å². The molecule has 0 aliphatic heterocycles. The Labute approximate surface area is 126 Å².